The topological polar surface area (TPSA) is 88.9 Å². The molecule has 0 aliphatic rings. The van der Waals surface area contributed by atoms with Crippen molar-refractivity contribution in [2.24, 2.45) is 0 Å². The Morgan fingerprint density at radius 2 is 1.76 bits per heavy atom. The van der Waals surface area contributed by atoms with Crippen LogP contribution in [0.1, 0.15) is 40.6 Å². The van der Waals surface area contributed by atoms with Gasteiger partial charge in [0.15, 0.2) is 5.65 Å². The van der Waals surface area contributed by atoms with Crippen molar-refractivity contribution in [3.63, 3.8) is 0 Å². The van der Waals surface area contributed by atoms with E-state index in [9.17, 15) is 9.59 Å². The van der Waals surface area contributed by atoms with E-state index in [0.717, 1.165) is 5.56 Å². The number of aromatic nitrogens is 3. The number of nitrogens with zero attached hydrogens (tertiary/aromatic N) is 3. The highest BCUT2D eigenvalue weighted by molar-refractivity contribution is 6.14. The van der Waals surface area contributed by atoms with Crippen molar-refractivity contribution >= 4 is 28.5 Å². The summed E-state index contributed by atoms with van der Waals surface area (Å²) >= 11 is 0. The van der Waals surface area contributed by atoms with Crippen molar-refractivity contribution in [3.05, 3.63) is 90.6 Å². The fraction of sp³-hybridized carbons (Fsp3) is 0.154. The van der Waals surface area contributed by atoms with Gasteiger partial charge in [-0.05, 0) is 32.0 Å². The van der Waals surface area contributed by atoms with E-state index < -0.39 is 0 Å². The van der Waals surface area contributed by atoms with Gasteiger partial charge < -0.3 is 10.6 Å². The number of hydrogen-bond donors (Lipinski definition) is 2. The smallest absolute Gasteiger partial charge is 0.256 e. The second-order valence-electron chi connectivity index (χ2n) is 7.84. The molecule has 2 N–H and O–H groups in total. The lowest BCUT2D eigenvalue weighted by molar-refractivity contribution is 0.0959. The van der Waals surface area contributed by atoms with E-state index in [1.165, 1.54) is 0 Å². The standard InChI is InChI=1S/C26H25N5O2/c1-4-14-27-25(32)19-12-8-9-13-22(19)30-26(33)20-15-23(18-10-6-5-7-11-18)29-24-21(20)16-28-31(24)17(2)3/h4-13,15-17H,1,14H2,2-3H3,(H,27,32)(H,30,33). The molecule has 0 fully saturated rings. The number of carbonyl (C=O) groups is 2. The zero-order valence-corrected chi connectivity index (χ0v) is 18.6. The third-order valence-corrected chi connectivity index (χ3v) is 5.20. The quantitative estimate of drug-likeness (QED) is 0.403. The first-order valence-electron chi connectivity index (χ1n) is 10.7. The largest absolute Gasteiger partial charge is 0.349 e. The average molecular weight is 440 g/mol. The molecule has 2 heterocycles. The summed E-state index contributed by atoms with van der Waals surface area (Å²) < 4.78 is 1.80. The Kier molecular flexibility index (Phi) is 6.31. The van der Waals surface area contributed by atoms with Gasteiger partial charge in [0, 0.05) is 18.2 Å². The number of pyridine rings is 1. The Morgan fingerprint density at radius 3 is 2.48 bits per heavy atom. The van der Waals surface area contributed by atoms with Crippen LogP contribution in [0.15, 0.2) is 79.5 Å². The summed E-state index contributed by atoms with van der Waals surface area (Å²) in [5.74, 6) is -0.630. The van der Waals surface area contributed by atoms with Gasteiger partial charge in [0.1, 0.15) is 0 Å². The fourth-order valence-electron chi connectivity index (χ4n) is 3.58. The summed E-state index contributed by atoms with van der Waals surface area (Å²) in [5, 5.41) is 10.8. The van der Waals surface area contributed by atoms with Gasteiger partial charge in [0.25, 0.3) is 11.8 Å². The number of para-hydroxylation sites is 1. The second kappa shape index (κ2) is 9.48. The van der Waals surface area contributed by atoms with E-state index in [1.807, 2.05) is 44.2 Å². The molecule has 4 aromatic rings. The van der Waals surface area contributed by atoms with Gasteiger partial charge in [-0.2, -0.15) is 5.10 Å². The van der Waals surface area contributed by atoms with Crippen molar-refractivity contribution in [1.82, 2.24) is 20.1 Å². The van der Waals surface area contributed by atoms with E-state index in [1.54, 1.807) is 47.3 Å². The lowest BCUT2D eigenvalue weighted by Gasteiger charge is -2.13. The monoisotopic (exact) mass is 439 g/mol. The van der Waals surface area contributed by atoms with Crippen molar-refractivity contribution in [3.8, 4) is 11.3 Å². The number of benzene rings is 2. The van der Waals surface area contributed by atoms with Gasteiger partial charge in [-0.15, -0.1) is 6.58 Å². The number of nitrogens with one attached hydrogen (secondary N) is 2. The summed E-state index contributed by atoms with van der Waals surface area (Å²) in [7, 11) is 0. The summed E-state index contributed by atoms with van der Waals surface area (Å²) in [6.45, 7) is 7.98. The lowest BCUT2D eigenvalue weighted by Crippen LogP contribution is -2.25. The van der Waals surface area contributed by atoms with Crippen LogP contribution >= 0.6 is 0 Å². The molecular weight excluding hydrogens is 414 g/mol. The van der Waals surface area contributed by atoms with Gasteiger partial charge in [0.05, 0.1) is 34.1 Å². The zero-order chi connectivity index (χ0) is 23.4. The second-order valence-corrected chi connectivity index (χ2v) is 7.84. The zero-order valence-electron chi connectivity index (χ0n) is 18.6. The third-order valence-electron chi connectivity index (χ3n) is 5.20. The van der Waals surface area contributed by atoms with Gasteiger partial charge in [0.2, 0.25) is 0 Å². The maximum atomic E-state index is 13.5. The van der Waals surface area contributed by atoms with Crippen molar-refractivity contribution in [2.75, 3.05) is 11.9 Å². The van der Waals surface area contributed by atoms with E-state index in [4.69, 9.17) is 4.98 Å². The molecule has 0 spiro atoms. The van der Waals surface area contributed by atoms with Crippen LogP contribution in [-0.4, -0.2) is 33.1 Å². The Bertz CT molecular complexity index is 1330. The number of anilines is 1. The van der Waals surface area contributed by atoms with Crippen LogP contribution in [0, 0.1) is 0 Å². The van der Waals surface area contributed by atoms with Gasteiger partial charge >= 0.3 is 0 Å². The van der Waals surface area contributed by atoms with Gasteiger partial charge in [-0.3, -0.25) is 9.59 Å². The lowest BCUT2D eigenvalue weighted by atomic mass is 10.1. The highest BCUT2D eigenvalue weighted by atomic mass is 16.2. The predicted octanol–water partition coefficient (Wildman–Crippen LogP) is 4.85. The van der Waals surface area contributed by atoms with Crippen molar-refractivity contribution < 1.29 is 9.59 Å². The highest BCUT2D eigenvalue weighted by Crippen LogP contribution is 2.27. The molecule has 7 nitrogen and oxygen atoms in total. The predicted molar refractivity (Wildman–Crippen MR) is 130 cm³/mol. The van der Waals surface area contributed by atoms with Crippen molar-refractivity contribution in [1.29, 1.82) is 0 Å². The Labute approximate surface area is 192 Å². The number of rotatable bonds is 7. The molecule has 2 aromatic carbocycles. The van der Waals surface area contributed by atoms with E-state index in [2.05, 4.69) is 22.3 Å². The van der Waals surface area contributed by atoms with E-state index >= 15 is 0 Å². The van der Waals surface area contributed by atoms with Crippen molar-refractivity contribution in [2.45, 2.75) is 19.9 Å². The van der Waals surface area contributed by atoms with Crippen LogP contribution in [0.3, 0.4) is 0 Å². The molecule has 7 heteroatoms. The molecule has 2 amide bonds. The van der Waals surface area contributed by atoms with Crippen LogP contribution in [0.25, 0.3) is 22.3 Å². The van der Waals surface area contributed by atoms with Crippen LogP contribution < -0.4 is 10.6 Å². The maximum absolute atomic E-state index is 13.5. The first kappa shape index (κ1) is 22.0. The van der Waals surface area contributed by atoms with Crippen LogP contribution in [0.2, 0.25) is 0 Å². The molecule has 0 unspecified atom stereocenters. The minimum absolute atomic E-state index is 0.0752. The number of amides is 2. The van der Waals surface area contributed by atoms with Gasteiger partial charge in [-0.1, -0.05) is 48.5 Å². The minimum Gasteiger partial charge on any atom is -0.349 e. The van der Waals surface area contributed by atoms with E-state index in [-0.39, 0.29) is 17.9 Å². The summed E-state index contributed by atoms with van der Waals surface area (Å²) in [6.07, 6.45) is 3.26. The number of hydrogen-bond acceptors (Lipinski definition) is 4. The normalized spacial score (nSPS) is 10.9. The molecule has 0 aliphatic carbocycles. The molecule has 0 aliphatic heterocycles. The molecule has 2 aromatic heterocycles. The molecule has 0 atom stereocenters. The molecule has 0 saturated carbocycles. The molecule has 0 saturated heterocycles. The first-order chi connectivity index (χ1) is 16.0. The molecule has 0 radical (unpaired) electrons. The van der Waals surface area contributed by atoms with Gasteiger partial charge in [-0.25, -0.2) is 9.67 Å². The SMILES string of the molecule is C=CCNC(=O)c1ccccc1NC(=O)c1cc(-c2ccccc2)nc2c1cnn2C(C)C. The first-order valence-corrected chi connectivity index (χ1v) is 10.7. The van der Waals surface area contributed by atoms with Crippen LogP contribution in [-0.2, 0) is 0 Å². The average Bonchev–Trinajstić information content (AvgIpc) is 3.27. The molecule has 33 heavy (non-hydrogen) atoms. The Balaban J connectivity index is 1.78. The maximum Gasteiger partial charge on any atom is 0.256 e. The Hall–Kier alpha value is -4.26. The Morgan fingerprint density at radius 1 is 1.03 bits per heavy atom. The number of carbonyl (C=O) groups excluding carboxylic acids is 2. The summed E-state index contributed by atoms with van der Waals surface area (Å²) in [5.41, 5.74) is 3.44. The number of fused-ring (bicyclic) bond motifs is 1. The molecular formula is C26H25N5O2. The van der Waals surface area contributed by atoms with Crippen LogP contribution in [0.4, 0.5) is 5.69 Å². The minimum atomic E-state index is -0.341. The highest BCUT2D eigenvalue weighted by Gasteiger charge is 2.20. The fourth-order valence-corrected chi connectivity index (χ4v) is 3.58. The third kappa shape index (κ3) is 4.52. The summed E-state index contributed by atoms with van der Waals surface area (Å²) in [4.78, 5) is 30.8. The van der Waals surface area contributed by atoms with Crippen LogP contribution in [0.5, 0.6) is 0 Å². The molecule has 0 bridgehead atoms. The summed E-state index contributed by atoms with van der Waals surface area (Å²) in [6, 6.07) is 18.4. The van der Waals surface area contributed by atoms with E-state index in [0.29, 0.717) is 40.1 Å². The molecule has 4 rings (SSSR count). The molecule has 166 valence electrons.